The van der Waals surface area contributed by atoms with Crippen molar-refractivity contribution < 1.29 is 13.9 Å². The fourth-order valence-electron chi connectivity index (χ4n) is 2.96. The monoisotopic (exact) mass is 382 g/mol. The number of amides is 1. The number of nitrogens with one attached hydrogen (secondary N) is 1. The average molecular weight is 383 g/mol. The molecule has 1 unspecified atom stereocenters. The van der Waals surface area contributed by atoms with Crippen LogP contribution in [0.25, 0.3) is 0 Å². The SMILES string of the molecule is O=C(NCc1ccco1)C1CCCN1CCOc1cc(Cl)ccc1Cl. The molecule has 1 amide bonds. The summed E-state index contributed by atoms with van der Waals surface area (Å²) in [5, 5.41) is 4.03. The van der Waals surface area contributed by atoms with Crippen molar-refractivity contribution in [3.63, 3.8) is 0 Å². The molecule has 0 saturated carbocycles. The molecule has 0 spiro atoms. The molecule has 2 aromatic rings. The summed E-state index contributed by atoms with van der Waals surface area (Å²) in [4.78, 5) is 14.5. The van der Waals surface area contributed by atoms with Crippen molar-refractivity contribution in [2.24, 2.45) is 0 Å². The van der Waals surface area contributed by atoms with Crippen LogP contribution in [0.1, 0.15) is 18.6 Å². The molecule has 2 heterocycles. The molecule has 134 valence electrons. The number of carbonyl (C=O) groups excluding carboxylic acids is 1. The standard InChI is InChI=1S/C18H20Cl2N2O3/c19-13-5-6-15(20)17(11-13)25-10-8-22-7-1-4-16(22)18(23)21-12-14-3-2-9-24-14/h2-3,5-6,9,11,16H,1,4,7-8,10,12H2,(H,21,23). The molecule has 1 aliphatic heterocycles. The molecule has 1 atom stereocenters. The molecule has 1 saturated heterocycles. The van der Waals surface area contributed by atoms with Gasteiger partial charge in [-0.25, -0.2) is 0 Å². The van der Waals surface area contributed by atoms with Crippen LogP contribution in [-0.4, -0.2) is 36.5 Å². The molecule has 1 aromatic carbocycles. The third-order valence-electron chi connectivity index (χ3n) is 4.21. The van der Waals surface area contributed by atoms with E-state index in [9.17, 15) is 4.79 Å². The molecular formula is C18H20Cl2N2O3. The first-order chi connectivity index (χ1) is 12.1. The molecule has 5 nitrogen and oxygen atoms in total. The van der Waals surface area contributed by atoms with E-state index in [1.54, 1.807) is 24.5 Å². The fourth-order valence-corrected chi connectivity index (χ4v) is 3.29. The Morgan fingerprint density at radius 1 is 1.36 bits per heavy atom. The Hall–Kier alpha value is -1.69. The smallest absolute Gasteiger partial charge is 0.237 e. The third kappa shape index (κ3) is 4.91. The second kappa shape index (κ2) is 8.61. The average Bonchev–Trinajstić information content (AvgIpc) is 3.27. The molecule has 0 bridgehead atoms. The van der Waals surface area contributed by atoms with Gasteiger partial charge in [-0.3, -0.25) is 9.69 Å². The first kappa shape index (κ1) is 18.1. The maximum atomic E-state index is 12.4. The zero-order chi connectivity index (χ0) is 17.6. The van der Waals surface area contributed by atoms with Crippen LogP contribution in [0.4, 0.5) is 0 Å². The Labute approximate surface area is 156 Å². The third-order valence-corrected chi connectivity index (χ3v) is 4.76. The number of furan rings is 1. The van der Waals surface area contributed by atoms with Crippen LogP contribution in [0.3, 0.4) is 0 Å². The van der Waals surface area contributed by atoms with E-state index >= 15 is 0 Å². The van der Waals surface area contributed by atoms with Gasteiger partial charge in [0.05, 0.1) is 23.9 Å². The van der Waals surface area contributed by atoms with E-state index in [2.05, 4.69) is 10.2 Å². The number of benzene rings is 1. The maximum Gasteiger partial charge on any atom is 0.237 e. The number of carbonyl (C=O) groups is 1. The summed E-state index contributed by atoms with van der Waals surface area (Å²) < 4.78 is 11.0. The second-order valence-corrected chi connectivity index (χ2v) is 6.76. The fraction of sp³-hybridized carbons (Fsp3) is 0.389. The largest absolute Gasteiger partial charge is 0.491 e. The zero-order valence-corrected chi connectivity index (χ0v) is 15.2. The van der Waals surface area contributed by atoms with E-state index in [1.165, 1.54) is 0 Å². The van der Waals surface area contributed by atoms with Gasteiger partial charge >= 0.3 is 0 Å². The van der Waals surface area contributed by atoms with Crippen molar-refractivity contribution in [1.82, 2.24) is 10.2 Å². The molecule has 1 aromatic heterocycles. The van der Waals surface area contributed by atoms with E-state index < -0.39 is 0 Å². The minimum Gasteiger partial charge on any atom is -0.491 e. The quantitative estimate of drug-likeness (QED) is 0.792. The van der Waals surface area contributed by atoms with Crippen LogP contribution in [-0.2, 0) is 11.3 Å². The number of hydrogen-bond acceptors (Lipinski definition) is 4. The Kier molecular flexibility index (Phi) is 6.24. The van der Waals surface area contributed by atoms with E-state index in [0.29, 0.717) is 35.5 Å². The molecule has 7 heteroatoms. The number of rotatable bonds is 7. The van der Waals surface area contributed by atoms with Crippen LogP contribution in [0.5, 0.6) is 5.75 Å². The highest BCUT2D eigenvalue weighted by Gasteiger charge is 2.30. The number of halogens is 2. The summed E-state index contributed by atoms with van der Waals surface area (Å²) in [6, 6.07) is 8.64. The summed E-state index contributed by atoms with van der Waals surface area (Å²) in [6.45, 7) is 2.39. The normalized spacial score (nSPS) is 17.6. The van der Waals surface area contributed by atoms with Crippen LogP contribution in [0, 0.1) is 0 Å². The van der Waals surface area contributed by atoms with E-state index in [-0.39, 0.29) is 11.9 Å². The van der Waals surface area contributed by atoms with Crippen LogP contribution in [0.15, 0.2) is 41.0 Å². The van der Waals surface area contributed by atoms with Crippen LogP contribution in [0.2, 0.25) is 10.0 Å². The first-order valence-corrected chi connectivity index (χ1v) is 9.01. The highest BCUT2D eigenvalue weighted by molar-refractivity contribution is 6.34. The number of likely N-dealkylation sites (tertiary alicyclic amines) is 1. The zero-order valence-electron chi connectivity index (χ0n) is 13.7. The lowest BCUT2D eigenvalue weighted by Gasteiger charge is -2.23. The number of hydrogen-bond donors (Lipinski definition) is 1. The van der Waals surface area contributed by atoms with Gasteiger partial charge in [-0.1, -0.05) is 23.2 Å². The molecule has 0 aliphatic carbocycles. The molecule has 25 heavy (non-hydrogen) atoms. The Morgan fingerprint density at radius 2 is 2.24 bits per heavy atom. The number of ether oxygens (including phenoxy) is 1. The summed E-state index contributed by atoms with van der Waals surface area (Å²) in [6.07, 6.45) is 3.44. The van der Waals surface area contributed by atoms with Gasteiger partial charge in [-0.15, -0.1) is 0 Å². The van der Waals surface area contributed by atoms with Crippen LogP contribution >= 0.6 is 23.2 Å². The maximum absolute atomic E-state index is 12.4. The predicted octanol–water partition coefficient (Wildman–Crippen LogP) is 3.75. The highest BCUT2D eigenvalue weighted by atomic mass is 35.5. The van der Waals surface area contributed by atoms with Gasteiger partial charge in [0, 0.05) is 17.6 Å². The molecule has 1 N–H and O–H groups in total. The Morgan fingerprint density at radius 3 is 3.04 bits per heavy atom. The lowest BCUT2D eigenvalue weighted by molar-refractivity contribution is -0.125. The van der Waals surface area contributed by atoms with Crippen molar-refractivity contribution in [2.45, 2.75) is 25.4 Å². The molecule has 3 rings (SSSR count). The lowest BCUT2D eigenvalue weighted by Crippen LogP contribution is -2.44. The lowest BCUT2D eigenvalue weighted by atomic mass is 10.2. The van der Waals surface area contributed by atoms with Gasteiger partial charge in [0.2, 0.25) is 5.91 Å². The van der Waals surface area contributed by atoms with Crippen molar-refractivity contribution in [3.05, 3.63) is 52.4 Å². The van der Waals surface area contributed by atoms with Gasteiger partial charge in [0.25, 0.3) is 0 Å². The van der Waals surface area contributed by atoms with Gasteiger partial charge in [-0.05, 0) is 43.7 Å². The predicted molar refractivity (Wildman–Crippen MR) is 97.1 cm³/mol. The van der Waals surface area contributed by atoms with E-state index in [4.69, 9.17) is 32.4 Å². The van der Waals surface area contributed by atoms with Gasteiger partial charge in [0.15, 0.2) is 0 Å². The Bertz CT molecular complexity index is 706. The number of nitrogens with zero attached hydrogens (tertiary/aromatic N) is 1. The summed E-state index contributed by atoms with van der Waals surface area (Å²) >= 11 is 12.0. The van der Waals surface area contributed by atoms with Crippen molar-refractivity contribution >= 4 is 29.1 Å². The summed E-state index contributed by atoms with van der Waals surface area (Å²) in [5.41, 5.74) is 0. The second-order valence-electron chi connectivity index (χ2n) is 5.91. The van der Waals surface area contributed by atoms with Gasteiger partial charge in [-0.2, -0.15) is 0 Å². The molecule has 0 radical (unpaired) electrons. The van der Waals surface area contributed by atoms with E-state index in [1.807, 2.05) is 12.1 Å². The molecule has 1 fully saturated rings. The van der Waals surface area contributed by atoms with Crippen molar-refractivity contribution in [1.29, 1.82) is 0 Å². The summed E-state index contributed by atoms with van der Waals surface area (Å²) in [7, 11) is 0. The highest BCUT2D eigenvalue weighted by Crippen LogP contribution is 2.27. The van der Waals surface area contributed by atoms with Crippen LogP contribution < -0.4 is 10.1 Å². The minimum absolute atomic E-state index is 0.0229. The first-order valence-electron chi connectivity index (χ1n) is 8.25. The Balaban J connectivity index is 1.48. The minimum atomic E-state index is -0.131. The van der Waals surface area contributed by atoms with Gasteiger partial charge in [0.1, 0.15) is 18.1 Å². The van der Waals surface area contributed by atoms with Gasteiger partial charge < -0.3 is 14.5 Å². The molecular weight excluding hydrogens is 363 g/mol. The van der Waals surface area contributed by atoms with Crippen molar-refractivity contribution in [3.8, 4) is 5.75 Å². The summed E-state index contributed by atoms with van der Waals surface area (Å²) in [5.74, 6) is 1.33. The molecule has 1 aliphatic rings. The van der Waals surface area contributed by atoms with E-state index in [0.717, 1.165) is 25.1 Å². The van der Waals surface area contributed by atoms with Crippen molar-refractivity contribution in [2.75, 3.05) is 19.7 Å². The topological polar surface area (TPSA) is 54.7 Å².